The van der Waals surface area contributed by atoms with Crippen molar-refractivity contribution in [2.24, 2.45) is 11.7 Å². The highest BCUT2D eigenvalue weighted by Gasteiger charge is 2.34. The second-order valence-electron chi connectivity index (χ2n) is 5.89. The number of carbonyl (C=O) groups excluding carboxylic acids is 3. The van der Waals surface area contributed by atoms with Crippen molar-refractivity contribution >= 4 is 17.7 Å². The van der Waals surface area contributed by atoms with Crippen LogP contribution >= 0.6 is 0 Å². The summed E-state index contributed by atoms with van der Waals surface area (Å²) >= 11 is 0. The normalized spacial score (nSPS) is 21.9. The maximum atomic E-state index is 12.6. The van der Waals surface area contributed by atoms with Crippen molar-refractivity contribution in [3.05, 3.63) is 35.4 Å². The molecule has 2 heterocycles. The van der Waals surface area contributed by atoms with Gasteiger partial charge in [-0.3, -0.25) is 14.4 Å². The van der Waals surface area contributed by atoms with Gasteiger partial charge in [-0.15, -0.1) is 0 Å². The molecule has 6 nitrogen and oxygen atoms in total. The number of nitrogens with two attached hydrogens (primary N) is 1. The van der Waals surface area contributed by atoms with E-state index >= 15 is 0 Å². The van der Waals surface area contributed by atoms with Crippen molar-refractivity contribution < 1.29 is 14.4 Å². The Labute approximate surface area is 128 Å². The Balaban J connectivity index is 1.67. The van der Waals surface area contributed by atoms with Crippen LogP contribution in [0, 0.1) is 5.92 Å². The number of rotatable bonds is 2. The quantitative estimate of drug-likeness (QED) is 0.809. The minimum atomic E-state index is -0.521. The monoisotopic (exact) mass is 301 g/mol. The van der Waals surface area contributed by atoms with Gasteiger partial charge >= 0.3 is 0 Å². The Hall–Kier alpha value is -2.37. The van der Waals surface area contributed by atoms with Gasteiger partial charge in [0.2, 0.25) is 11.8 Å². The fourth-order valence-corrected chi connectivity index (χ4v) is 3.18. The highest BCUT2D eigenvalue weighted by Crippen LogP contribution is 2.21. The molecule has 3 N–H and O–H groups in total. The SMILES string of the molecule is NC(=O)C1CCN(C(=O)C2Cc3ccccc3C(=O)N2)CC1. The molecule has 0 aromatic heterocycles. The summed E-state index contributed by atoms with van der Waals surface area (Å²) in [6.45, 7) is 1.03. The fraction of sp³-hybridized carbons (Fsp3) is 0.438. The average molecular weight is 301 g/mol. The molecule has 1 unspecified atom stereocenters. The molecule has 1 fully saturated rings. The molecule has 22 heavy (non-hydrogen) atoms. The van der Waals surface area contributed by atoms with Crippen LogP contribution in [-0.4, -0.2) is 41.8 Å². The number of fused-ring (bicyclic) bond motifs is 1. The smallest absolute Gasteiger partial charge is 0.252 e. The summed E-state index contributed by atoms with van der Waals surface area (Å²) in [5.74, 6) is -0.726. The molecule has 1 aromatic rings. The molecule has 1 saturated heterocycles. The van der Waals surface area contributed by atoms with E-state index in [1.165, 1.54) is 0 Å². The molecule has 6 heteroatoms. The van der Waals surface area contributed by atoms with Crippen LogP contribution in [0.3, 0.4) is 0 Å². The number of nitrogens with zero attached hydrogens (tertiary/aromatic N) is 1. The molecule has 0 aliphatic carbocycles. The van der Waals surface area contributed by atoms with E-state index in [1.807, 2.05) is 18.2 Å². The number of primary amides is 1. The highest BCUT2D eigenvalue weighted by atomic mass is 16.2. The maximum absolute atomic E-state index is 12.6. The number of piperidine rings is 1. The summed E-state index contributed by atoms with van der Waals surface area (Å²) in [7, 11) is 0. The van der Waals surface area contributed by atoms with E-state index in [9.17, 15) is 14.4 Å². The van der Waals surface area contributed by atoms with Crippen molar-refractivity contribution in [2.45, 2.75) is 25.3 Å². The van der Waals surface area contributed by atoms with Gasteiger partial charge in [-0.25, -0.2) is 0 Å². The van der Waals surface area contributed by atoms with E-state index in [2.05, 4.69) is 5.32 Å². The zero-order valence-electron chi connectivity index (χ0n) is 12.2. The third-order valence-electron chi connectivity index (χ3n) is 4.50. The number of benzene rings is 1. The first-order valence-corrected chi connectivity index (χ1v) is 7.53. The van der Waals surface area contributed by atoms with E-state index in [0.29, 0.717) is 37.9 Å². The number of carbonyl (C=O) groups is 3. The van der Waals surface area contributed by atoms with Gasteiger partial charge in [-0.1, -0.05) is 18.2 Å². The van der Waals surface area contributed by atoms with Crippen LogP contribution in [-0.2, 0) is 16.0 Å². The summed E-state index contributed by atoms with van der Waals surface area (Å²) in [5.41, 5.74) is 6.84. The van der Waals surface area contributed by atoms with Gasteiger partial charge in [0, 0.05) is 31.0 Å². The third kappa shape index (κ3) is 2.68. The van der Waals surface area contributed by atoms with Crippen LogP contribution in [0.4, 0.5) is 0 Å². The van der Waals surface area contributed by atoms with Gasteiger partial charge in [0.15, 0.2) is 0 Å². The first-order chi connectivity index (χ1) is 10.6. The number of likely N-dealkylation sites (tertiary alicyclic amines) is 1. The van der Waals surface area contributed by atoms with Gasteiger partial charge in [0.05, 0.1) is 0 Å². The summed E-state index contributed by atoms with van der Waals surface area (Å²) in [6, 6.07) is 6.82. The molecule has 1 aromatic carbocycles. The molecule has 2 aliphatic rings. The van der Waals surface area contributed by atoms with E-state index < -0.39 is 6.04 Å². The minimum Gasteiger partial charge on any atom is -0.369 e. The molecule has 0 spiro atoms. The lowest BCUT2D eigenvalue weighted by molar-refractivity contribution is -0.136. The second kappa shape index (κ2) is 5.79. The van der Waals surface area contributed by atoms with Crippen LogP contribution in [0.2, 0.25) is 0 Å². The molecule has 1 atom stereocenters. The molecule has 116 valence electrons. The van der Waals surface area contributed by atoms with Crippen molar-refractivity contribution in [1.29, 1.82) is 0 Å². The number of hydrogen-bond donors (Lipinski definition) is 2. The summed E-state index contributed by atoms with van der Waals surface area (Å²) in [6.07, 6.45) is 1.70. The Bertz CT molecular complexity index is 621. The van der Waals surface area contributed by atoms with Crippen LogP contribution in [0.15, 0.2) is 24.3 Å². The number of nitrogens with one attached hydrogen (secondary N) is 1. The molecule has 3 rings (SSSR count). The molecular formula is C16H19N3O3. The van der Waals surface area contributed by atoms with Crippen LogP contribution in [0.25, 0.3) is 0 Å². The van der Waals surface area contributed by atoms with Crippen molar-refractivity contribution in [3.63, 3.8) is 0 Å². The highest BCUT2D eigenvalue weighted by molar-refractivity contribution is 6.00. The van der Waals surface area contributed by atoms with Crippen LogP contribution in [0.5, 0.6) is 0 Å². The minimum absolute atomic E-state index is 0.0780. The van der Waals surface area contributed by atoms with E-state index in [-0.39, 0.29) is 23.6 Å². The average Bonchev–Trinajstić information content (AvgIpc) is 2.54. The summed E-state index contributed by atoms with van der Waals surface area (Å²) in [4.78, 5) is 37.6. The molecular weight excluding hydrogens is 282 g/mol. The Morgan fingerprint density at radius 1 is 1.18 bits per heavy atom. The van der Waals surface area contributed by atoms with Gasteiger partial charge in [-0.2, -0.15) is 0 Å². The second-order valence-corrected chi connectivity index (χ2v) is 5.89. The van der Waals surface area contributed by atoms with E-state index in [0.717, 1.165) is 5.56 Å². The van der Waals surface area contributed by atoms with E-state index in [4.69, 9.17) is 5.73 Å². The Morgan fingerprint density at radius 3 is 2.55 bits per heavy atom. The zero-order chi connectivity index (χ0) is 15.7. The van der Waals surface area contributed by atoms with Gasteiger partial charge in [-0.05, 0) is 24.5 Å². The van der Waals surface area contributed by atoms with Crippen molar-refractivity contribution in [1.82, 2.24) is 10.2 Å². The van der Waals surface area contributed by atoms with Gasteiger partial charge in [0.1, 0.15) is 6.04 Å². The van der Waals surface area contributed by atoms with Gasteiger partial charge in [0.25, 0.3) is 5.91 Å². The first-order valence-electron chi connectivity index (χ1n) is 7.53. The van der Waals surface area contributed by atoms with E-state index in [1.54, 1.807) is 11.0 Å². The Morgan fingerprint density at radius 2 is 1.86 bits per heavy atom. The lowest BCUT2D eigenvalue weighted by Gasteiger charge is -2.34. The topological polar surface area (TPSA) is 92.5 Å². The molecule has 3 amide bonds. The molecule has 2 aliphatic heterocycles. The molecule has 0 radical (unpaired) electrons. The molecule has 0 saturated carbocycles. The third-order valence-corrected chi connectivity index (χ3v) is 4.50. The fourth-order valence-electron chi connectivity index (χ4n) is 3.18. The zero-order valence-corrected chi connectivity index (χ0v) is 12.2. The van der Waals surface area contributed by atoms with Crippen LogP contribution < -0.4 is 11.1 Å². The maximum Gasteiger partial charge on any atom is 0.252 e. The number of amides is 3. The predicted octanol–water partition coefficient (Wildman–Crippen LogP) is 0.0650. The summed E-state index contributed by atoms with van der Waals surface area (Å²) < 4.78 is 0. The lowest BCUT2D eigenvalue weighted by atomic mass is 9.92. The number of hydrogen-bond acceptors (Lipinski definition) is 3. The first kappa shape index (κ1) is 14.6. The van der Waals surface area contributed by atoms with Crippen molar-refractivity contribution in [3.8, 4) is 0 Å². The standard InChI is InChI=1S/C16H19N3O3/c17-14(20)10-5-7-19(8-6-10)16(22)13-9-11-3-1-2-4-12(11)15(21)18-13/h1-4,10,13H,5-9H2,(H2,17,20)(H,18,21). The van der Waals surface area contributed by atoms with Crippen molar-refractivity contribution in [2.75, 3.05) is 13.1 Å². The van der Waals surface area contributed by atoms with Gasteiger partial charge < -0.3 is 16.0 Å². The summed E-state index contributed by atoms with van der Waals surface area (Å²) in [5, 5.41) is 2.78. The molecule has 0 bridgehead atoms. The lowest BCUT2D eigenvalue weighted by Crippen LogP contribution is -2.54. The largest absolute Gasteiger partial charge is 0.369 e. The predicted molar refractivity (Wildman–Crippen MR) is 79.9 cm³/mol. The van der Waals surface area contributed by atoms with Crippen LogP contribution in [0.1, 0.15) is 28.8 Å². The Kier molecular flexibility index (Phi) is 3.83.